The smallest absolute Gasteiger partial charge is 0.284 e. The molecule has 1 aliphatic rings. The molecule has 0 radical (unpaired) electrons. The number of aromatic nitrogens is 1. The van der Waals surface area contributed by atoms with Gasteiger partial charge in [-0.1, -0.05) is 13.8 Å². The van der Waals surface area contributed by atoms with E-state index in [0.29, 0.717) is 11.1 Å². The predicted molar refractivity (Wildman–Crippen MR) is 69.0 cm³/mol. The van der Waals surface area contributed by atoms with Gasteiger partial charge in [-0.15, -0.1) is 11.3 Å². The molecule has 2 rings (SSSR count). The zero-order valence-electron chi connectivity index (χ0n) is 10.2. The summed E-state index contributed by atoms with van der Waals surface area (Å²) in [4.78, 5) is 17.8. The lowest BCUT2D eigenvalue weighted by molar-refractivity contribution is 0.0949. The van der Waals surface area contributed by atoms with Crippen LogP contribution in [0.3, 0.4) is 0 Å². The molecule has 6 heteroatoms. The molecule has 1 aliphatic heterocycles. The van der Waals surface area contributed by atoms with Gasteiger partial charge >= 0.3 is 0 Å². The number of nitrogens with two attached hydrogens (primary N) is 1. The van der Waals surface area contributed by atoms with Crippen molar-refractivity contribution < 1.29 is 4.79 Å². The summed E-state index contributed by atoms with van der Waals surface area (Å²) >= 11 is 1.50. The van der Waals surface area contributed by atoms with E-state index in [-0.39, 0.29) is 5.91 Å². The molecule has 2 heterocycles. The fourth-order valence-corrected chi connectivity index (χ4v) is 2.75. The van der Waals surface area contributed by atoms with Crippen LogP contribution in [0.4, 0.5) is 5.13 Å². The van der Waals surface area contributed by atoms with Crippen molar-refractivity contribution in [3.05, 3.63) is 11.1 Å². The molecular formula is C11H18N4OS. The number of thiazole rings is 1. The Labute approximate surface area is 105 Å². The van der Waals surface area contributed by atoms with Gasteiger partial charge in [0.25, 0.3) is 5.91 Å². The normalized spacial score (nSPS) is 19.1. The standard InChI is InChI=1S/C11H18N4OS/c1-11(2)3-5-15(6-4-11)10-13-8(7-17-10)9(16)14-12/h7H,3-6,12H2,1-2H3,(H,14,16). The number of piperidine rings is 1. The molecule has 1 aromatic heterocycles. The van der Waals surface area contributed by atoms with Gasteiger partial charge in [-0.3, -0.25) is 10.2 Å². The second-order valence-corrected chi connectivity index (χ2v) is 5.98. The molecule has 1 aromatic rings. The summed E-state index contributed by atoms with van der Waals surface area (Å²) in [7, 11) is 0. The molecule has 0 aromatic carbocycles. The van der Waals surface area contributed by atoms with Crippen LogP contribution in [0, 0.1) is 5.41 Å². The molecule has 0 saturated carbocycles. The van der Waals surface area contributed by atoms with E-state index in [1.54, 1.807) is 5.38 Å². The molecule has 17 heavy (non-hydrogen) atoms. The van der Waals surface area contributed by atoms with Crippen molar-refractivity contribution in [2.24, 2.45) is 11.3 Å². The molecule has 3 N–H and O–H groups in total. The van der Waals surface area contributed by atoms with Gasteiger partial charge in [-0.25, -0.2) is 10.8 Å². The Kier molecular flexibility index (Phi) is 3.35. The molecule has 0 aliphatic carbocycles. The third kappa shape index (κ3) is 2.76. The molecule has 0 unspecified atom stereocenters. The van der Waals surface area contributed by atoms with Gasteiger partial charge in [0.2, 0.25) is 0 Å². The number of hydrogen-bond acceptors (Lipinski definition) is 5. The Balaban J connectivity index is 2.04. The lowest BCUT2D eigenvalue weighted by atomic mass is 9.83. The number of nitrogens with zero attached hydrogens (tertiary/aromatic N) is 2. The summed E-state index contributed by atoms with van der Waals surface area (Å²) in [5.41, 5.74) is 2.92. The SMILES string of the molecule is CC1(C)CCN(c2nc(C(=O)NN)cs2)CC1. The molecule has 94 valence electrons. The number of hydrazine groups is 1. The fraction of sp³-hybridized carbons (Fsp3) is 0.636. The third-order valence-electron chi connectivity index (χ3n) is 3.24. The summed E-state index contributed by atoms with van der Waals surface area (Å²) in [6, 6.07) is 0. The molecule has 0 atom stereocenters. The van der Waals surface area contributed by atoms with Crippen LogP contribution < -0.4 is 16.2 Å². The van der Waals surface area contributed by atoms with E-state index in [0.717, 1.165) is 31.1 Å². The molecule has 0 bridgehead atoms. The molecule has 1 fully saturated rings. The quantitative estimate of drug-likeness (QED) is 0.475. The average molecular weight is 254 g/mol. The van der Waals surface area contributed by atoms with E-state index >= 15 is 0 Å². The van der Waals surface area contributed by atoms with Crippen LogP contribution in [0.25, 0.3) is 0 Å². The van der Waals surface area contributed by atoms with Crippen LogP contribution in [0.5, 0.6) is 0 Å². The lowest BCUT2D eigenvalue weighted by Crippen LogP contribution is -2.37. The van der Waals surface area contributed by atoms with Gasteiger partial charge in [0.05, 0.1) is 0 Å². The Morgan fingerprint density at radius 3 is 2.76 bits per heavy atom. The molecular weight excluding hydrogens is 236 g/mol. The number of nitrogen functional groups attached to an aromatic ring is 1. The first-order valence-corrected chi connectivity index (χ1v) is 6.61. The van der Waals surface area contributed by atoms with Crippen LogP contribution in [0.2, 0.25) is 0 Å². The number of carbonyl (C=O) groups excluding carboxylic acids is 1. The van der Waals surface area contributed by atoms with E-state index < -0.39 is 0 Å². The molecule has 0 spiro atoms. The fourth-order valence-electron chi connectivity index (χ4n) is 1.89. The highest BCUT2D eigenvalue weighted by atomic mass is 32.1. The van der Waals surface area contributed by atoms with E-state index in [1.165, 1.54) is 11.3 Å². The van der Waals surface area contributed by atoms with Gasteiger partial charge < -0.3 is 4.90 Å². The third-order valence-corrected chi connectivity index (χ3v) is 4.14. The van der Waals surface area contributed by atoms with Gasteiger partial charge in [-0.05, 0) is 18.3 Å². The zero-order chi connectivity index (χ0) is 12.5. The number of nitrogens with one attached hydrogen (secondary N) is 1. The van der Waals surface area contributed by atoms with Gasteiger partial charge in [0.15, 0.2) is 5.13 Å². The molecule has 5 nitrogen and oxygen atoms in total. The summed E-state index contributed by atoms with van der Waals surface area (Å²) in [6.45, 7) is 6.59. The maximum Gasteiger partial charge on any atom is 0.284 e. The summed E-state index contributed by atoms with van der Waals surface area (Å²) in [5.74, 6) is 4.75. The number of amides is 1. The van der Waals surface area contributed by atoms with Crippen LogP contribution in [-0.2, 0) is 0 Å². The Hall–Kier alpha value is -1.14. The monoisotopic (exact) mass is 254 g/mol. The van der Waals surface area contributed by atoms with Gasteiger partial charge in [0.1, 0.15) is 5.69 Å². The van der Waals surface area contributed by atoms with Crippen molar-refractivity contribution in [3.63, 3.8) is 0 Å². The van der Waals surface area contributed by atoms with Gasteiger partial charge in [0, 0.05) is 18.5 Å². The van der Waals surface area contributed by atoms with E-state index in [9.17, 15) is 4.79 Å². The first-order valence-electron chi connectivity index (χ1n) is 5.73. The lowest BCUT2D eigenvalue weighted by Gasteiger charge is -2.36. The second kappa shape index (κ2) is 4.62. The van der Waals surface area contributed by atoms with Crippen molar-refractivity contribution in [2.75, 3.05) is 18.0 Å². The summed E-state index contributed by atoms with van der Waals surface area (Å²) in [5, 5.41) is 2.66. The van der Waals surface area contributed by atoms with Crippen LogP contribution in [0.1, 0.15) is 37.2 Å². The first-order chi connectivity index (χ1) is 8.02. The first kappa shape index (κ1) is 12.3. The minimum Gasteiger partial charge on any atom is -0.348 e. The maximum absolute atomic E-state index is 11.3. The van der Waals surface area contributed by atoms with Crippen molar-refractivity contribution in [1.82, 2.24) is 10.4 Å². The molecule has 1 amide bonds. The minimum atomic E-state index is -0.329. The topological polar surface area (TPSA) is 71.2 Å². The number of carbonyl (C=O) groups is 1. The van der Waals surface area contributed by atoms with Crippen molar-refractivity contribution in [3.8, 4) is 0 Å². The summed E-state index contributed by atoms with van der Waals surface area (Å²) < 4.78 is 0. The van der Waals surface area contributed by atoms with Gasteiger partial charge in [-0.2, -0.15) is 0 Å². The van der Waals surface area contributed by atoms with Crippen molar-refractivity contribution >= 4 is 22.4 Å². The highest BCUT2D eigenvalue weighted by Gasteiger charge is 2.26. The highest BCUT2D eigenvalue weighted by Crippen LogP contribution is 2.33. The van der Waals surface area contributed by atoms with E-state index in [1.807, 2.05) is 0 Å². The van der Waals surface area contributed by atoms with Crippen molar-refractivity contribution in [2.45, 2.75) is 26.7 Å². The second-order valence-electron chi connectivity index (χ2n) is 5.14. The Bertz CT molecular complexity index is 405. The highest BCUT2D eigenvalue weighted by molar-refractivity contribution is 7.13. The summed E-state index contributed by atoms with van der Waals surface area (Å²) in [6.07, 6.45) is 2.32. The van der Waals surface area contributed by atoms with Crippen LogP contribution in [0.15, 0.2) is 5.38 Å². The minimum absolute atomic E-state index is 0.329. The Morgan fingerprint density at radius 2 is 2.18 bits per heavy atom. The average Bonchev–Trinajstić information content (AvgIpc) is 2.77. The number of hydrogen-bond donors (Lipinski definition) is 2. The van der Waals surface area contributed by atoms with E-state index in [2.05, 4.69) is 29.2 Å². The van der Waals surface area contributed by atoms with Crippen molar-refractivity contribution in [1.29, 1.82) is 0 Å². The van der Waals surface area contributed by atoms with Crippen LogP contribution in [-0.4, -0.2) is 24.0 Å². The zero-order valence-corrected chi connectivity index (χ0v) is 11.0. The Morgan fingerprint density at radius 1 is 1.53 bits per heavy atom. The van der Waals surface area contributed by atoms with Crippen LogP contribution >= 0.6 is 11.3 Å². The number of rotatable bonds is 2. The van der Waals surface area contributed by atoms with E-state index in [4.69, 9.17) is 5.84 Å². The largest absolute Gasteiger partial charge is 0.348 e. The number of anilines is 1. The maximum atomic E-state index is 11.3. The predicted octanol–water partition coefficient (Wildman–Crippen LogP) is 1.37. The molecule has 1 saturated heterocycles.